The predicted molar refractivity (Wildman–Crippen MR) is 131 cm³/mol. The molecule has 7 nitrogen and oxygen atoms in total. The van der Waals surface area contributed by atoms with Crippen molar-refractivity contribution in [3.8, 4) is 5.75 Å². The van der Waals surface area contributed by atoms with Crippen molar-refractivity contribution in [2.75, 3.05) is 46.9 Å². The molecule has 1 aliphatic rings. The SMILES string of the molecule is CCCCN(C)C(=O)c1nc2ccccn2c1CN1CCN(Cc2cccc(OC)c2)CC1. The lowest BCUT2D eigenvalue weighted by molar-refractivity contribution is 0.0783. The van der Waals surface area contributed by atoms with Crippen LogP contribution in [0.5, 0.6) is 5.75 Å². The van der Waals surface area contributed by atoms with Crippen LogP contribution in [0.1, 0.15) is 41.5 Å². The fourth-order valence-corrected chi connectivity index (χ4v) is 4.39. The molecular weight excluding hydrogens is 414 g/mol. The second kappa shape index (κ2) is 10.8. The standard InChI is InChI=1S/C26H35N5O2/c1-4-5-12-28(2)26(32)25-23(31-13-7-6-11-24(31)27-25)20-30-16-14-29(15-17-30)19-21-9-8-10-22(18-21)33-3/h6-11,13,18H,4-5,12,14-17,19-20H2,1-3H3. The summed E-state index contributed by atoms with van der Waals surface area (Å²) in [6.45, 7) is 8.45. The van der Waals surface area contributed by atoms with Gasteiger partial charge in [0.1, 0.15) is 11.4 Å². The van der Waals surface area contributed by atoms with Gasteiger partial charge in [0.15, 0.2) is 5.69 Å². The third-order valence-corrected chi connectivity index (χ3v) is 6.40. The van der Waals surface area contributed by atoms with Crippen molar-refractivity contribution >= 4 is 11.6 Å². The highest BCUT2D eigenvalue weighted by Gasteiger charge is 2.25. The summed E-state index contributed by atoms with van der Waals surface area (Å²) in [5.74, 6) is 0.915. The number of pyridine rings is 1. The summed E-state index contributed by atoms with van der Waals surface area (Å²) < 4.78 is 7.43. The number of aromatic nitrogens is 2. The normalized spacial score (nSPS) is 15.1. The van der Waals surface area contributed by atoms with Crippen LogP contribution in [0.4, 0.5) is 0 Å². The minimum Gasteiger partial charge on any atom is -0.497 e. The van der Waals surface area contributed by atoms with E-state index in [1.165, 1.54) is 5.56 Å². The molecule has 0 radical (unpaired) electrons. The van der Waals surface area contributed by atoms with E-state index >= 15 is 0 Å². The van der Waals surface area contributed by atoms with E-state index in [0.717, 1.165) is 75.7 Å². The summed E-state index contributed by atoms with van der Waals surface area (Å²) in [4.78, 5) is 24.6. The van der Waals surface area contributed by atoms with E-state index < -0.39 is 0 Å². The number of ether oxygens (including phenoxy) is 1. The second-order valence-corrected chi connectivity index (χ2v) is 8.82. The molecule has 3 aromatic rings. The molecule has 1 saturated heterocycles. The first-order chi connectivity index (χ1) is 16.1. The van der Waals surface area contributed by atoms with Gasteiger partial charge in [-0.25, -0.2) is 4.98 Å². The van der Waals surface area contributed by atoms with Crippen LogP contribution in [0.3, 0.4) is 0 Å². The van der Waals surface area contributed by atoms with E-state index in [4.69, 9.17) is 9.72 Å². The van der Waals surface area contributed by atoms with Gasteiger partial charge in [-0.3, -0.25) is 14.6 Å². The third kappa shape index (κ3) is 5.54. The molecule has 7 heteroatoms. The van der Waals surface area contributed by atoms with Crippen LogP contribution in [0.15, 0.2) is 48.7 Å². The lowest BCUT2D eigenvalue weighted by Crippen LogP contribution is -2.45. The van der Waals surface area contributed by atoms with E-state index in [2.05, 4.69) is 33.3 Å². The maximum Gasteiger partial charge on any atom is 0.274 e. The Morgan fingerprint density at radius 2 is 1.82 bits per heavy atom. The molecule has 0 atom stereocenters. The number of unbranched alkanes of at least 4 members (excludes halogenated alkanes) is 1. The lowest BCUT2D eigenvalue weighted by Gasteiger charge is -2.34. The van der Waals surface area contributed by atoms with Crippen molar-refractivity contribution in [3.63, 3.8) is 0 Å². The number of piperazine rings is 1. The van der Waals surface area contributed by atoms with Gasteiger partial charge in [-0.2, -0.15) is 0 Å². The smallest absolute Gasteiger partial charge is 0.274 e. The minimum atomic E-state index is 0.0128. The van der Waals surface area contributed by atoms with Crippen molar-refractivity contribution in [1.29, 1.82) is 0 Å². The highest BCUT2D eigenvalue weighted by Crippen LogP contribution is 2.19. The number of hydrogen-bond acceptors (Lipinski definition) is 5. The predicted octanol–water partition coefficient (Wildman–Crippen LogP) is 3.53. The van der Waals surface area contributed by atoms with E-state index in [1.807, 2.05) is 43.6 Å². The molecule has 176 valence electrons. The number of imidazole rings is 1. The number of nitrogens with zero attached hydrogens (tertiary/aromatic N) is 5. The molecule has 0 unspecified atom stereocenters. The highest BCUT2D eigenvalue weighted by atomic mass is 16.5. The highest BCUT2D eigenvalue weighted by molar-refractivity contribution is 5.94. The van der Waals surface area contributed by atoms with Gasteiger partial charge >= 0.3 is 0 Å². The van der Waals surface area contributed by atoms with Crippen molar-refractivity contribution in [2.45, 2.75) is 32.9 Å². The van der Waals surface area contributed by atoms with Crippen LogP contribution in [0, 0.1) is 0 Å². The first kappa shape index (κ1) is 23.3. The van der Waals surface area contributed by atoms with Crippen LogP contribution >= 0.6 is 0 Å². The average Bonchev–Trinajstić information content (AvgIpc) is 3.21. The first-order valence-corrected chi connectivity index (χ1v) is 11.9. The molecule has 1 aromatic carbocycles. The third-order valence-electron chi connectivity index (χ3n) is 6.40. The van der Waals surface area contributed by atoms with E-state index in [0.29, 0.717) is 5.69 Å². The average molecular weight is 450 g/mol. The molecular formula is C26H35N5O2. The van der Waals surface area contributed by atoms with Gasteiger partial charge in [0.25, 0.3) is 5.91 Å². The van der Waals surface area contributed by atoms with E-state index in [9.17, 15) is 4.79 Å². The summed E-state index contributed by atoms with van der Waals surface area (Å²) in [7, 11) is 3.59. The van der Waals surface area contributed by atoms with Crippen molar-refractivity contribution in [2.24, 2.45) is 0 Å². The Bertz CT molecular complexity index is 1070. The topological polar surface area (TPSA) is 53.3 Å². The number of hydrogen-bond donors (Lipinski definition) is 0. The largest absolute Gasteiger partial charge is 0.497 e. The summed E-state index contributed by atoms with van der Waals surface area (Å²) in [5, 5.41) is 0. The Hall–Kier alpha value is -2.90. The number of carbonyl (C=O) groups is 1. The number of benzene rings is 1. The number of rotatable bonds is 9. The molecule has 0 aliphatic carbocycles. The molecule has 1 aliphatic heterocycles. The zero-order chi connectivity index (χ0) is 23.2. The zero-order valence-corrected chi connectivity index (χ0v) is 20.0. The van der Waals surface area contributed by atoms with Crippen LogP contribution < -0.4 is 4.74 Å². The fourth-order valence-electron chi connectivity index (χ4n) is 4.39. The van der Waals surface area contributed by atoms with Gasteiger partial charge in [-0.1, -0.05) is 31.5 Å². The molecule has 3 heterocycles. The molecule has 0 N–H and O–H groups in total. The van der Waals surface area contributed by atoms with Crippen LogP contribution in [-0.2, 0) is 13.1 Å². The van der Waals surface area contributed by atoms with Gasteiger partial charge in [0, 0.05) is 59.1 Å². The Labute approximate surface area is 196 Å². The van der Waals surface area contributed by atoms with Gasteiger partial charge in [-0.05, 0) is 36.2 Å². The Morgan fingerprint density at radius 1 is 1.06 bits per heavy atom. The molecule has 2 aromatic heterocycles. The van der Waals surface area contributed by atoms with Gasteiger partial charge in [-0.15, -0.1) is 0 Å². The summed E-state index contributed by atoms with van der Waals surface area (Å²) in [5.41, 5.74) is 3.67. The second-order valence-electron chi connectivity index (χ2n) is 8.82. The van der Waals surface area contributed by atoms with Crippen LogP contribution in [0.2, 0.25) is 0 Å². The maximum atomic E-state index is 13.2. The Kier molecular flexibility index (Phi) is 7.62. The lowest BCUT2D eigenvalue weighted by atomic mass is 10.2. The van der Waals surface area contributed by atoms with Crippen LogP contribution in [-0.4, -0.2) is 76.9 Å². The minimum absolute atomic E-state index is 0.0128. The molecule has 1 amide bonds. The maximum absolute atomic E-state index is 13.2. The Morgan fingerprint density at radius 3 is 2.55 bits per heavy atom. The van der Waals surface area contributed by atoms with E-state index in [-0.39, 0.29) is 5.91 Å². The van der Waals surface area contributed by atoms with Crippen LogP contribution in [0.25, 0.3) is 5.65 Å². The zero-order valence-electron chi connectivity index (χ0n) is 20.0. The summed E-state index contributed by atoms with van der Waals surface area (Å²) in [6.07, 6.45) is 4.08. The fraction of sp³-hybridized carbons (Fsp3) is 0.462. The molecule has 4 rings (SSSR count). The number of amides is 1. The quantitative estimate of drug-likeness (QED) is 0.500. The van der Waals surface area contributed by atoms with Crippen molar-refractivity contribution in [1.82, 2.24) is 24.1 Å². The number of fused-ring (bicyclic) bond motifs is 1. The molecule has 1 fully saturated rings. The monoisotopic (exact) mass is 449 g/mol. The summed E-state index contributed by atoms with van der Waals surface area (Å²) >= 11 is 0. The van der Waals surface area contributed by atoms with Gasteiger partial charge in [0.05, 0.1) is 12.8 Å². The summed E-state index contributed by atoms with van der Waals surface area (Å²) in [6, 6.07) is 14.2. The molecule has 0 bridgehead atoms. The molecule has 33 heavy (non-hydrogen) atoms. The van der Waals surface area contributed by atoms with Gasteiger partial charge < -0.3 is 14.0 Å². The van der Waals surface area contributed by atoms with Gasteiger partial charge in [0.2, 0.25) is 0 Å². The van der Waals surface area contributed by atoms with Crippen molar-refractivity contribution < 1.29 is 9.53 Å². The first-order valence-electron chi connectivity index (χ1n) is 11.9. The van der Waals surface area contributed by atoms with E-state index in [1.54, 1.807) is 12.0 Å². The number of carbonyl (C=O) groups excluding carboxylic acids is 1. The molecule has 0 spiro atoms. The molecule has 0 saturated carbocycles. The number of methoxy groups -OCH3 is 1. The van der Waals surface area contributed by atoms with Crippen molar-refractivity contribution in [3.05, 3.63) is 65.6 Å². The Balaban J connectivity index is 1.44.